The van der Waals surface area contributed by atoms with E-state index in [1.54, 1.807) is 25.3 Å². The molecule has 21 heavy (non-hydrogen) atoms. The number of nitrogens with one attached hydrogen (secondary N) is 1. The molecule has 0 aliphatic carbocycles. The molecule has 0 radical (unpaired) electrons. The van der Waals surface area contributed by atoms with Crippen LogP contribution in [0.25, 0.3) is 0 Å². The van der Waals surface area contributed by atoms with E-state index < -0.39 is 0 Å². The van der Waals surface area contributed by atoms with Gasteiger partial charge in [0.25, 0.3) is 5.91 Å². The van der Waals surface area contributed by atoms with E-state index in [1.165, 1.54) is 0 Å². The zero-order valence-corrected chi connectivity index (χ0v) is 12.5. The van der Waals surface area contributed by atoms with Gasteiger partial charge in [-0.05, 0) is 25.0 Å². The number of amides is 1. The van der Waals surface area contributed by atoms with Gasteiger partial charge in [0.05, 0.1) is 5.71 Å². The van der Waals surface area contributed by atoms with Crippen LogP contribution >= 0.6 is 0 Å². The first-order valence-corrected chi connectivity index (χ1v) is 6.91. The van der Waals surface area contributed by atoms with Crippen molar-refractivity contribution < 1.29 is 19.5 Å². The van der Waals surface area contributed by atoms with Crippen molar-refractivity contribution in [1.29, 1.82) is 0 Å². The minimum Gasteiger partial charge on any atom is -0.483 e. The highest BCUT2D eigenvalue weighted by Crippen LogP contribution is 2.20. The molecule has 0 saturated heterocycles. The summed E-state index contributed by atoms with van der Waals surface area (Å²) in [6.07, 6.45) is 1.33. The molecule has 1 amide bonds. The Morgan fingerprint density at radius 3 is 2.81 bits per heavy atom. The number of ether oxygens (including phenoxy) is 2. The van der Waals surface area contributed by atoms with Crippen molar-refractivity contribution in [2.24, 2.45) is 5.16 Å². The van der Waals surface area contributed by atoms with Crippen LogP contribution in [-0.4, -0.2) is 43.7 Å². The second-order valence-corrected chi connectivity index (χ2v) is 4.38. The first-order chi connectivity index (χ1) is 10.2. The summed E-state index contributed by atoms with van der Waals surface area (Å²) in [7, 11) is 1.62. The molecule has 6 nitrogen and oxygen atoms in total. The first kappa shape index (κ1) is 17.0. The molecule has 2 N–H and O–H groups in total. The van der Waals surface area contributed by atoms with Gasteiger partial charge in [-0.3, -0.25) is 4.79 Å². The summed E-state index contributed by atoms with van der Waals surface area (Å²) in [5, 5.41) is 15.0. The summed E-state index contributed by atoms with van der Waals surface area (Å²) < 4.78 is 10.4. The average Bonchev–Trinajstić information content (AvgIpc) is 2.52. The molecule has 0 aliphatic rings. The third-order valence-electron chi connectivity index (χ3n) is 2.86. The molecule has 0 fully saturated rings. The van der Waals surface area contributed by atoms with E-state index >= 15 is 0 Å². The zero-order chi connectivity index (χ0) is 15.5. The lowest BCUT2D eigenvalue weighted by molar-refractivity contribution is -0.123. The van der Waals surface area contributed by atoms with Gasteiger partial charge in [-0.2, -0.15) is 0 Å². The summed E-state index contributed by atoms with van der Waals surface area (Å²) in [6.45, 7) is 2.97. The number of hydrogen-bond acceptors (Lipinski definition) is 5. The van der Waals surface area contributed by atoms with Crippen LogP contribution in [0.3, 0.4) is 0 Å². The van der Waals surface area contributed by atoms with Gasteiger partial charge in [-0.1, -0.05) is 24.2 Å². The lowest BCUT2D eigenvalue weighted by atomic mass is 10.1. The normalized spacial score (nSPS) is 11.2. The van der Waals surface area contributed by atoms with Gasteiger partial charge in [0, 0.05) is 25.8 Å². The quantitative estimate of drug-likeness (QED) is 0.315. The summed E-state index contributed by atoms with van der Waals surface area (Å²) in [4.78, 5) is 11.6. The van der Waals surface area contributed by atoms with Gasteiger partial charge < -0.3 is 20.0 Å². The number of rotatable bonds is 9. The summed E-state index contributed by atoms with van der Waals surface area (Å²) in [5.41, 5.74) is 1.21. The highest BCUT2D eigenvalue weighted by atomic mass is 16.5. The molecule has 116 valence electrons. The van der Waals surface area contributed by atoms with Crippen molar-refractivity contribution in [2.75, 3.05) is 26.9 Å². The zero-order valence-electron chi connectivity index (χ0n) is 12.5. The van der Waals surface area contributed by atoms with Gasteiger partial charge in [-0.15, -0.1) is 0 Å². The van der Waals surface area contributed by atoms with E-state index in [9.17, 15) is 4.79 Å². The molecule has 0 spiro atoms. The number of para-hydroxylation sites is 1. The van der Waals surface area contributed by atoms with E-state index in [-0.39, 0.29) is 12.5 Å². The fourth-order valence-corrected chi connectivity index (χ4v) is 1.78. The van der Waals surface area contributed by atoms with Crippen LogP contribution in [0.2, 0.25) is 0 Å². The van der Waals surface area contributed by atoms with Gasteiger partial charge in [0.15, 0.2) is 6.61 Å². The van der Waals surface area contributed by atoms with Gasteiger partial charge >= 0.3 is 0 Å². The molecule has 0 aliphatic heterocycles. The van der Waals surface area contributed by atoms with E-state index in [0.717, 1.165) is 6.42 Å². The second-order valence-electron chi connectivity index (χ2n) is 4.38. The SMILES string of the molecule is CCC(=NO)c1ccccc1OCC(=O)NCCCOC. The van der Waals surface area contributed by atoms with Crippen molar-refractivity contribution in [2.45, 2.75) is 19.8 Å². The molecule has 0 atom stereocenters. The number of oxime groups is 1. The highest BCUT2D eigenvalue weighted by molar-refractivity contribution is 6.02. The minimum absolute atomic E-state index is 0.0770. The molecule has 1 aromatic carbocycles. The predicted molar refractivity (Wildman–Crippen MR) is 80.1 cm³/mol. The fraction of sp³-hybridized carbons (Fsp3) is 0.467. The lowest BCUT2D eigenvalue weighted by Gasteiger charge is -2.11. The summed E-state index contributed by atoms with van der Waals surface area (Å²) in [6, 6.07) is 7.17. The Morgan fingerprint density at radius 2 is 2.14 bits per heavy atom. The number of carbonyl (C=O) groups excluding carboxylic acids is 1. The fourth-order valence-electron chi connectivity index (χ4n) is 1.78. The molecule has 6 heteroatoms. The van der Waals surface area contributed by atoms with E-state index in [1.807, 2.05) is 13.0 Å². The molecular weight excluding hydrogens is 272 g/mol. The Balaban J connectivity index is 2.54. The maximum atomic E-state index is 11.6. The minimum atomic E-state index is -0.195. The standard InChI is InChI=1S/C15H22N2O4/c1-3-13(17-19)12-7-4-5-8-14(12)21-11-15(18)16-9-6-10-20-2/h4-5,7-8,19H,3,6,9-11H2,1-2H3,(H,16,18). The average molecular weight is 294 g/mol. The van der Waals surface area contributed by atoms with E-state index in [4.69, 9.17) is 14.7 Å². The Labute approximate surface area is 124 Å². The number of methoxy groups -OCH3 is 1. The number of carbonyl (C=O) groups is 1. The van der Waals surface area contributed by atoms with Crippen LogP contribution in [-0.2, 0) is 9.53 Å². The van der Waals surface area contributed by atoms with Crippen molar-refractivity contribution >= 4 is 11.6 Å². The third kappa shape index (κ3) is 5.83. The molecular formula is C15H22N2O4. The Bertz CT molecular complexity index is 474. The molecule has 1 aromatic rings. The Hall–Kier alpha value is -2.08. The Morgan fingerprint density at radius 1 is 1.38 bits per heavy atom. The van der Waals surface area contributed by atoms with Crippen LogP contribution in [0.4, 0.5) is 0 Å². The second kappa shape index (κ2) is 9.77. The topological polar surface area (TPSA) is 80.2 Å². The summed E-state index contributed by atoms with van der Waals surface area (Å²) in [5.74, 6) is 0.332. The summed E-state index contributed by atoms with van der Waals surface area (Å²) >= 11 is 0. The number of benzene rings is 1. The molecule has 1 rings (SSSR count). The van der Waals surface area contributed by atoms with Gasteiger partial charge in [0.2, 0.25) is 0 Å². The Kier molecular flexibility index (Phi) is 7.89. The van der Waals surface area contributed by atoms with Gasteiger partial charge in [0.1, 0.15) is 5.75 Å². The lowest BCUT2D eigenvalue weighted by Crippen LogP contribution is -2.30. The van der Waals surface area contributed by atoms with Crippen molar-refractivity contribution in [3.63, 3.8) is 0 Å². The largest absolute Gasteiger partial charge is 0.483 e. The maximum Gasteiger partial charge on any atom is 0.257 e. The molecule has 0 heterocycles. The van der Waals surface area contributed by atoms with Crippen LogP contribution in [0.5, 0.6) is 5.75 Å². The predicted octanol–water partition coefficient (Wildman–Crippen LogP) is 1.81. The van der Waals surface area contributed by atoms with Crippen molar-refractivity contribution in [1.82, 2.24) is 5.32 Å². The van der Waals surface area contributed by atoms with Gasteiger partial charge in [-0.25, -0.2) is 0 Å². The molecule has 0 saturated carbocycles. The number of hydrogen-bond donors (Lipinski definition) is 2. The van der Waals surface area contributed by atoms with E-state index in [2.05, 4.69) is 10.5 Å². The monoisotopic (exact) mass is 294 g/mol. The van der Waals surface area contributed by atoms with Crippen LogP contribution < -0.4 is 10.1 Å². The molecule has 0 unspecified atom stereocenters. The first-order valence-electron chi connectivity index (χ1n) is 6.91. The maximum absolute atomic E-state index is 11.6. The van der Waals surface area contributed by atoms with E-state index in [0.29, 0.717) is 36.6 Å². The van der Waals surface area contributed by atoms with Crippen LogP contribution in [0, 0.1) is 0 Å². The highest BCUT2D eigenvalue weighted by Gasteiger charge is 2.10. The molecule has 0 bridgehead atoms. The van der Waals surface area contributed by atoms with Crippen molar-refractivity contribution in [3.8, 4) is 5.75 Å². The van der Waals surface area contributed by atoms with Crippen molar-refractivity contribution in [3.05, 3.63) is 29.8 Å². The van der Waals surface area contributed by atoms with Crippen LogP contribution in [0.1, 0.15) is 25.3 Å². The number of nitrogens with zero attached hydrogens (tertiary/aromatic N) is 1. The van der Waals surface area contributed by atoms with Crippen LogP contribution in [0.15, 0.2) is 29.4 Å². The smallest absolute Gasteiger partial charge is 0.257 e. The molecule has 0 aromatic heterocycles. The third-order valence-corrected chi connectivity index (χ3v) is 2.86.